The summed E-state index contributed by atoms with van der Waals surface area (Å²) >= 11 is 0. The third-order valence-corrected chi connectivity index (χ3v) is 7.45. The Morgan fingerprint density at radius 2 is 1.82 bits per heavy atom. The second-order valence-corrected chi connectivity index (χ2v) is 10.8. The Morgan fingerprint density at radius 3 is 2.53 bits per heavy atom. The van der Waals surface area contributed by atoms with Crippen LogP contribution < -0.4 is 20.4 Å². The Balaban J connectivity index is 1.24. The standard InChI is InChI=1S/C25H35N7O2/c1-24(2)6-8-30(9-7-24)12-18-4-5-19(20(33)10-18)31-13-23(34)29-25(14-31)15-32(16-25)22-11-21(26-3)27-17-28-22/h4-5,10-11,17,33H,6-9,12-16H2,1-3H3,(H,29,34)(H,26,27,28). The lowest BCUT2D eigenvalue weighted by molar-refractivity contribution is -0.123. The van der Waals surface area contributed by atoms with Gasteiger partial charge in [-0.2, -0.15) is 0 Å². The van der Waals surface area contributed by atoms with E-state index in [1.54, 1.807) is 6.33 Å². The van der Waals surface area contributed by atoms with Gasteiger partial charge in [-0.1, -0.05) is 19.9 Å². The number of piperazine rings is 1. The summed E-state index contributed by atoms with van der Waals surface area (Å²) in [7, 11) is 1.83. The maximum atomic E-state index is 12.6. The SMILES string of the molecule is CNc1cc(N2CC3(C2)CN(c2ccc(CN4CCC(C)(C)CC4)cc2O)CC(=O)N3)ncn1. The smallest absolute Gasteiger partial charge is 0.240 e. The normalized spacial score (nSPS) is 21.8. The molecule has 0 radical (unpaired) electrons. The summed E-state index contributed by atoms with van der Waals surface area (Å²) < 4.78 is 0. The number of carbonyl (C=O) groups is 1. The number of rotatable bonds is 5. The Kier molecular flexibility index (Phi) is 5.75. The van der Waals surface area contributed by atoms with Gasteiger partial charge in [0.2, 0.25) is 5.91 Å². The van der Waals surface area contributed by atoms with Crippen LogP contribution in [-0.4, -0.2) is 77.7 Å². The van der Waals surface area contributed by atoms with Crippen LogP contribution in [0.4, 0.5) is 17.3 Å². The first-order valence-corrected chi connectivity index (χ1v) is 12.1. The zero-order valence-electron chi connectivity index (χ0n) is 20.3. The van der Waals surface area contributed by atoms with Crippen LogP contribution >= 0.6 is 0 Å². The number of phenols is 1. The molecule has 4 heterocycles. The Labute approximate surface area is 201 Å². The van der Waals surface area contributed by atoms with Gasteiger partial charge in [0.15, 0.2) is 0 Å². The van der Waals surface area contributed by atoms with Crippen LogP contribution in [0.2, 0.25) is 0 Å². The molecule has 34 heavy (non-hydrogen) atoms. The molecule has 5 rings (SSSR count). The summed E-state index contributed by atoms with van der Waals surface area (Å²) in [6, 6.07) is 7.82. The minimum atomic E-state index is -0.355. The molecule has 1 aromatic heterocycles. The summed E-state index contributed by atoms with van der Waals surface area (Å²) in [6.07, 6.45) is 3.94. The highest BCUT2D eigenvalue weighted by Crippen LogP contribution is 2.36. The molecule has 0 atom stereocenters. The molecular formula is C25H35N7O2. The number of carbonyl (C=O) groups excluding carboxylic acids is 1. The predicted octanol–water partition coefficient (Wildman–Crippen LogP) is 2.04. The molecule has 1 amide bonds. The zero-order chi connectivity index (χ0) is 23.9. The fourth-order valence-electron chi connectivity index (χ4n) is 5.33. The van der Waals surface area contributed by atoms with Gasteiger partial charge in [0.1, 0.15) is 23.7 Å². The molecule has 9 nitrogen and oxygen atoms in total. The number of hydrogen-bond donors (Lipinski definition) is 3. The molecule has 182 valence electrons. The number of benzene rings is 1. The molecule has 0 saturated carbocycles. The summed E-state index contributed by atoms with van der Waals surface area (Å²) in [5.41, 5.74) is 1.89. The number of hydrogen-bond acceptors (Lipinski definition) is 8. The molecule has 3 aliphatic rings. The Bertz CT molecular complexity index is 1060. The van der Waals surface area contributed by atoms with Gasteiger partial charge in [-0.15, -0.1) is 0 Å². The molecule has 0 bridgehead atoms. The molecule has 9 heteroatoms. The first kappa shape index (κ1) is 22.7. The van der Waals surface area contributed by atoms with E-state index >= 15 is 0 Å². The Hall–Kier alpha value is -3.07. The van der Waals surface area contributed by atoms with Gasteiger partial charge in [-0.05, 0) is 49.0 Å². The van der Waals surface area contributed by atoms with E-state index in [0.717, 1.165) is 42.5 Å². The molecule has 0 unspecified atom stereocenters. The largest absolute Gasteiger partial charge is 0.506 e. The topological polar surface area (TPSA) is 96.9 Å². The maximum Gasteiger partial charge on any atom is 0.240 e. The van der Waals surface area contributed by atoms with Crippen molar-refractivity contribution in [3.63, 3.8) is 0 Å². The summed E-state index contributed by atoms with van der Waals surface area (Å²) in [4.78, 5) is 27.7. The van der Waals surface area contributed by atoms with Gasteiger partial charge < -0.3 is 25.5 Å². The molecule has 2 aromatic rings. The minimum absolute atomic E-state index is 0.0242. The van der Waals surface area contributed by atoms with E-state index < -0.39 is 0 Å². The van der Waals surface area contributed by atoms with Gasteiger partial charge >= 0.3 is 0 Å². The van der Waals surface area contributed by atoms with E-state index in [4.69, 9.17) is 0 Å². The summed E-state index contributed by atoms with van der Waals surface area (Å²) in [5, 5.41) is 17.1. The van der Waals surface area contributed by atoms with E-state index in [9.17, 15) is 9.90 Å². The maximum absolute atomic E-state index is 12.6. The number of piperidine rings is 1. The van der Waals surface area contributed by atoms with Gasteiger partial charge in [-0.3, -0.25) is 9.69 Å². The lowest BCUT2D eigenvalue weighted by atomic mass is 9.82. The zero-order valence-corrected chi connectivity index (χ0v) is 20.3. The number of likely N-dealkylation sites (tertiary alicyclic amines) is 1. The number of nitrogens with zero attached hydrogens (tertiary/aromatic N) is 5. The van der Waals surface area contributed by atoms with Crippen molar-refractivity contribution in [1.82, 2.24) is 20.2 Å². The number of nitrogens with one attached hydrogen (secondary N) is 2. The van der Waals surface area contributed by atoms with Crippen molar-refractivity contribution in [2.45, 2.75) is 38.8 Å². The lowest BCUT2D eigenvalue weighted by Gasteiger charge is -2.55. The van der Waals surface area contributed by atoms with Crippen LogP contribution in [0.15, 0.2) is 30.6 Å². The molecule has 3 saturated heterocycles. The number of aromatic hydroxyl groups is 1. The van der Waals surface area contributed by atoms with E-state index in [1.807, 2.05) is 30.1 Å². The van der Waals surface area contributed by atoms with Crippen molar-refractivity contribution >= 4 is 23.2 Å². The number of aromatic nitrogens is 2. The first-order chi connectivity index (χ1) is 16.2. The average molecular weight is 466 g/mol. The van der Waals surface area contributed by atoms with Crippen molar-refractivity contribution in [1.29, 1.82) is 0 Å². The average Bonchev–Trinajstić information content (AvgIpc) is 2.78. The molecule has 3 fully saturated rings. The van der Waals surface area contributed by atoms with E-state index in [-0.39, 0.29) is 23.7 Å². The van der Waals surface area contributed by atoms with Gasteiger partial charge in [-0.25, -0.2) is 9.97 Å². The fourth-order valence-corrected chi connectivity index (χ4v) is 5.33. The fraction of sp³-hybridized carbons (Fsp3) is 0.560. The summed E-state index contributed by atoms with van der Waals surface area (Å²) in [6.45, 7) is 9.91. The van der Waals surface area contributed by atoms with E-state index in [2.05, 4.69) is 50.3 Å². The van der Waals surface area contributed by atoms with E-state index in [0.29, 0.717) is 25.0 Å². The highest BCUT2D eigenvalue weighted by Gasteiger charge is 2.49. The molecule has 3 N–H and O–H groups in total. The van der Waals surface area contributed by atoms with Gasteiger partial charge in [0, 0.05) is 39.3 Å². The third-order valence-electron chi connectivity index (χ3n) is 7.45. The van der Waals surface area contributed by atoms with Crippen LogP contribution in [0.5, 0.6) is 5.75 Å². The number of anilines is 3. The van der Waals surface area contributed by atoms with Crippen molar-refractivity contribution in [3.05, 3.63) is 36.2 Å². The van der Waals surface area contributed by atoms with E-state index in [1.165, 1.54) is 12.8 Å². The Morgan fingerprint density at radius 1 is 1.09 bits per heavy atom. The van der Waals surface area contributed by atoms with Gasteiger partial charge in [0.25, 0.3) is 0 Å². The number of phenolic OH excluding ortho intramolecular Hbond substituents is 1. The summed E-state index contributed by atoms with van der Waals surface area (Å²) in [5.74, 6) is 1.82. The second-order valence-electron chi connectivity index (χ2n) is 10.8. The molecule has 3 aliphatic heterocycles. The van der Waals surface area contributed by atoms with Gasteiger partial charge in [0.05, 0.1) is 17.8 Å². The van der Waals surface area contributed by atoms with Crippen LogP contribution in [-0.2, 0) is 11.3 Å². The first-order valence-electron chi connectivity index (χ1n) is 12.1. The van der Waals surface area contributed by atoms with Crippen molar-refractivity contribution in [3.8, 4) is 5.75 Å². The highest BCUT2D eigenvalue weighted by molar-refractivity contribution is 5.85. The highest BCUT2D eigenvalue weighted by atomic mass is 16.3. The van der Waals surface area contributed by atoms with Crippen molar-refractivity contribution < 1.29 is 9.90 Å². The molecule has 1 spiro atoms. The number of amides is 1. The molecule has 0 aliphatic carbocycles. The van der Waals surface area contributed by atoms with Crippen LogP contribution in [0.25, 0.3) is 0 Å². The monoisotopic (exact) mass is 465 g/mol. The van der Waals surface area contributed by atoms with Crippen LogP contribution in [0.3, 0.4) is 0 Å². The second kappa shape index (κ2) is 8.61. The lowest BCUT2D eigenvalue weighted by Crippen LogP contribution is -2.78. The predicted molar refractivity (Wildman–Crippen MR) is 133 cm³/mol. The van der Waals surface area contributed by atoms with Crippen molar-refractivity contribution in [2.75, 3.05) is 61.4 Å². The minimum Gasteiger partial charge on any atom is -0.506 e. The van der Waals surface area contributed by atoms with Crippen LogP contribution in [0, 0.1) is 5.41 Å². The molecule has 1 aromatic carbocycles. The van der Waals surface area contributed by atoms with Crippen molar-refractivity contribution in [2.24, 2.45) is 5.41 Å². The van der Waals surface area contributed by atoms with Crippen LogP contribution in [0.1, 0.15) is 32.3 Å². The quantitative estimate of drug-likeness (QED) is 0.617. The molecular weight excluding hydrogens is 430 g/mol. The third kappa shape index (κ3) is 4.61.